The van der Waals surface area contributed by atoms with Crippen LogP contribution in [0, 0.1) is 5.92 Å². The van der Waals surface area contributed by atoms with Crippen LogP contribution < -0.4 is 0 Å². The first-order valence-corrected chi connectivity index (χ1v) is 6.84. The molecule has 1 unspecified atom stereocenters. The quantitative estimate of drug-likeness (QED) is 0.718. The summed E-state index contributed by atoms with van der Waals surface area (Å²) in [5.74, 6) is 1.10. The Morgan fingerprint density at radius 1 is 1.06 bits per heavy atom. The summed E-state index contributed by atoms with van der Waals surface area (Å²) in [6, 6.07) is -0.141. The molecule has 0 aromatic rings. The monoisotopic (exact) mass is 236 g/mol. The van der Waals surface area contributed by atoms with Crippen LogP contribution in [0.25, 0.3) is 0 Å². The third-order valence-electron chi connectivity index (χ3n) is 4.19. The summed E-state index contributed by atoms with van der Waals surface area (Å²) in [7, 11) is 0. The Hall–Kier alpha value is -1.06. The van der Waals surface area contributed by atoms with Gasteiger partial charge < -0.3 is 9.80 Å². The second kappa shape index (κ2) is 4.31. The molecular weight excluding hydrogens is 216 g/mol. The molecule has 1 atom stereocenters. The van der Waals surface area contributed by atoms with Gasteiger partial charge >= 0.3 is 0 Å². The molecule has 0 spiro atoms. The molecule has 2 saturated heterocycles. The van der Waals surface area contributed by atoms with Crippen molar-refractivity contribution in [3.05, 3.63) is 0 Å². The molecule has 3 fully saturated rings. The average Bonchev–Trinajstić information content (AvgIpc) is 3.17. The highest BCUT2D eigenvalue weighted by atomic mass is 16.2. The van der Waals surface area contributed by atoms with E-state index in [2.05, 4.69) is 0 Å². The molecule has 3 rings (SSSR count). The highest BCUT2D eigenvalue weighted by molar-refractivity contribution is 5.90. The maximum atomic E-state index is 12.4. The van der Waals surface area contributed by atoms with Crippen molar-refractivity contribution in [1.29, 1.82) is 0 Å². The molecule has 0 bridgehead atoms. The molecule has 1 saturated carbocycles. The fourth-order valence-corrected chi connectivity index (χ4v) is 2.98. The van der Waals surface area contributed by atoms with Crippen molar-refractivity contribution in [1.82, 2.24) is 9.80 Å². The van der Waals surface area contributed by atoms with Crippen molar-refractivity contribution in [2.75, 3.05) is 19.6 Å². The molecule has 4 nitrogen and oxygen atoms in total. The summed E-state index contributed by atoms with van der Waals surface area (Å²) >= 11 is 0. The lowest BCUT2D eigenvalue weighted by Gasteiger charge is -2.34. The topological polar surface area (TPSA) is 40.6 Å². The Morgan fingerprint density at radius 3 is 2.65 bits per heavy atom. The van der Waals surface area contributed by atoms with Gasteiger partial charge in [-0.1, -0.05) is 0 Å². The predicted molar refractivity (Wildman–Crippen MR) is 63.3 cm³/mol. The number of rotatable bonds is 2. The number of piperidine rings is 1. The summed E-state index contributed by atoms with van der Waals surface area (Å²) in [6.45, 7) is 2.31. The van der Waals surface area contributed by atoms with Gasteiger partial charge in [0, 0.05) is 26.1 Å². The van der Waals surface area contributed by atoms with E-state index in [1.54, 1.807) is 0 Å². The van der Waals surface area contributed by atoms with Crippen molar-refractivity contribution >= 4 is 11.8 Å². The molecular formula is C13H20N2O2. The minimum absolute atomic E-state index is 0.141. The van der Waals surface area contributed by atoms with E-state index < -0.39 is 0 Å². The van der Waals surface area contributed by atoms with Crippen LogP contribution in [0.3, 0.4) is 0 Å². The summed E-state index contributed by atoms with van der Waals surface area (Å²) < 4.78 is 0. The third kappa shape index (κ3) is 2.17. The fourth-order valence-electron chi connectivity index (χ4n) is 2.98. The van der Waals surface area contributed by atoms with Gasteiger partial charge in [0.05, 0.1) is 0 Å². The average molecular weight is 236 g/mol. The van der Waals surface area contributed by atoms with Crippen molar-refractivity contribution < 1.29 is 9.59 Å². The maximum Gasteiger partial charge on any atom is 0.245 e. The first-order valence-electron chi connectivity index (χ1n) is 6.84. The van der Waals surface area contributed by atoms with Gasteiger partial charge in [-0.3, -0.25) is 9.59 Å². The van der Waals surface area contributed by atoms with Gasteiger partial charge in [0.1, 0.15) is 6.04 Å². The van der Waals surface area contributed by atoms with E-state index >= 15 is 0 Å². The van der Waals surface area contributed by atoms with E-state index in [-0.39, 0.29) is 17.9 Å². The van der Waals surface area contributed by atoms with E-state index in [0.29, 0.717) is 18.9 Å². The normalized spacial score (nSPS) is 30.2. The molecule has 0 aromatic carbocycles. The van der Waals surface area contributed by atoms with Gasteiger partial charge in [0.2, 0.25) is 11.8 Å². The van der Waals surface area contributed by atoms with E-state index in [4.69, 9.17) is 0 Å². The molecule has 94 valence electrons. The zero-order valence-corrected chi connectivity index (χ0v) is 10.2. The lowest BCUT2D eigenvalue weighted by molar-refractivity contribution is -0.143. The number of amides is 2. The van der Waals surface area contributed by atoms with Crippen molar-refractivity contribution in [3.8, 4) is 0 Å². The van der Waals surface area contributed by atoms with Crippen LogP contribution in [0.1, 0.15) is 38.5 Å². The van der Waals surface area contributed by atoms with Crippen LogP contribution in [0.2, 0.25) is 0 Å². The molecule has 2 heterocycles. The zero-order valence-electron chi connectivity index (χ0n) is 10.2. The van der Waals surface area contributed by atoms with Crippen molar-refractivity contribution in [2.45, 2.75) is 44.6 Å². The first kappa shape index (κ1) is 11.1. The van der Waals surface area contributed by atoms with E-state index in [1.165, 1.54) is 12.8 Å². The Bertz CT molecular complexity index is 338. The zero-order chi connectivity index (χ0) is 11.8. The number of fused-ring (bicyclic) bond motifs is 1. The highest BCUT2D eigenvalue weighted by Crippen LogP contribution is 2.31. The summed E-state index contributed by atoms with van der Waals surface area (Å²) in [4.78, 5) is 28.2. The van der Waals surface area contributed by atoms with Gasteiger partial charge in [-0.2, -0.15) is 0 Å². The second-order valence-electron chi connectivity index (χ2n) is 5.58. The van der Waals surface area contributed by atoms with Gasteiger partial charge in [-0.05, 0) is 38.0 Å². The van der Waals surface area contributed by atoms with E-state index in [9.17, 15) is 9.59 Å². The molecule has 17 heavy (non-hydrogen) atoms. The van der Waals surface area contributed by atoms with Crippen LogP contribution in [0.4, 0.5) is 0 Å². The van der Waals surface area contributed by atoms with Crippen LogP contribution in [-0.2, 0) is 9.59 Å². The fraction of sp³-hybridized carbons (Fsp3) is 0.846. The van der Waals surface area contributed by atoms with Gasteiger partial charge in [-0.25, -0.2) is 0 Å². The first-order chi connectivity index (χ1) is 8.25. The van der Waals surface area contributed by atoms with Crippen molar-refractivity contribution in [3.63, 3.8) is 0 Å². The number of nitrogens with zero attached hydrogens (tertiary/aromatic N) is 2. The summed E-state index contributed by atoms with van der Waals surface area (Å²) in [5, 5.41) is 0. The predicted octanol–water partition coefficient (Wildman–Crippen LogP) is 1.01. The molecule has 2 aliphatic heterocycles. The minimum atomic E-state index is -0.141. The van der Waals surface area contributed by atoms with Crippen LogP contribution in [-0.4, -0.2) is 47.3 Å². The molecule has 2 amide bonds. The Kier molecular flexibility index (Phi) is 2.81. The van der Waals surface area contributed by atoms with Crippen molar-refractivity contribution in [2.24, 2.45) is 5.92 Å². The number of carbonyl (C=O) groups is 2. The molecule has 0 N–H and O–H groups in total. The Labute approximate surface area is 102 Å². The molecule has 3 aliphatic rings. The van der Waals surface area contributed by atoms with Crippen LogP contribution in [0.15, 0.2) is 0 Å². The summed E-state index contributed by atoms with van der Waals surface area (Å²) in [6.07, 6.45) is 6.04. The largest absolute Gasteiger partial charge is 0.340 e. The van der Waals surface area contributed by atoms with Gasteiger partial charge in [0.15, 0.2) is 0 Å². The minimum Gasteiger partial charge on any atom is -0.340 e. The van der Waals surface area contributed by atoms with E-state index in [0.717, 1.165) is 32.4 Å². The third-order valence-corrected chi connectivity index (χ3v) is 4.19. The smallest absolute Gasteiger partial charge is 0.245 e. The van der Waals surface area contributed by atoms with Gasteiger partial charge in [-0.15, -0.1) is 0 Å². The Balaban J connectivity index is 1.76. The number of carbonyl (C=O) groups excluding carboxylic acids is 2. The number of hydrogen-bond acceptors (Lipinski definition) is 2. The lowest BCUT2D eigenvalue weighted by atomic mass is 10.0. The highest BCUT2D eigenvalue weighted by Gasteiger charge is 2.39. The maximum absolute atomic E-state index is 12.4. The van der Waals surface area contributed by atoms with Crippen LogP contribution >= 0.6 is 0 Å². The lowest BCUT2D eigenvalue weighted by Crippen LogP contribution is -2.50. The molecule has 0 radical (unpaired) electrons. The molecule has 4 heteroatoms. The van der Waals surface area contributed by atoms with Gasteiger partial charge in [0.25, 0.3) is 0 Å². The summed E-state index contributed by atoms with van der Waals surface area (Å²) in [5.41, 5.74) is 0. The molecule has 0 aromatic heterocycles. The van der Waals surface area contributed by atoms with Crippen LogP contribution in [0.5, 0.6) is 0 Å². The molecule has 1 aliphatic carbocycles. The second-order valence-corrected chi connectivity index (χ2v) is 5.58. The van der Waals surface area contributed by atoms with E-state index in [1.807, 2.05) is 9.80 Å². The SMILES string of the molecule is O=C1C2CCCCN2C(=O)CCN1CC1CC1. The number of hydrogen-bond donors (Lipinski definition) is 0. The Morgan fingerprint density at radius 2 is 1.88 bits per heavy atom. The standard InChI is InChI=1S/C13H20N2O2/c16-12-6-8-14(9-10-4-5-10)13(17)11-3-1-2-7-15(11)12/h10-11H,1-9H2.